The fourth-order valence-electron chi connectivity index (χ4n) is 3.33. The molecule has 1 N–H and O–H groups in total. The van der Waals surface area contributed by atoms with E-state index in [1.54, 1.807) is 7.11 Å². The first-order valence-corrected chi connectivity index (χ1v) is 10.5. The Labute approximate surface area is 183 Å². The summed E-state index contributed by atoms with van der Waals surface area (Å²) in [4.78, 5) is 35.7. The third-order valence-corrected chi connectivity index (χ3v) is 6.33. The maximum Gasteiger partial charge on any atom is 0.410 e. The van der Waals surface area contributed by atoms with E-state index in [0.29, 0.717) is 5.56 Å². The molecular formula is C21H22N2O7S. The summed E-state index contributed by atoms with van der Waals surface area (Å²) >= 11 is 1.47. The van der Waals surface area contributed by atoms with Crippen LogP contribution in [-0.2, 0) is 20.9 Å². The molecule has 2 aromatic carbocycles. The van der Waals surface area contributed by atoms with E-state index in [1.807, 2.05) is 30.3 Å². The number of hydrogen-bond acceptors (Lipinski definition) is 7. The molecule has 3 rings (SSSR count). The molecule has 0 aliphatic carbocycles. The molecule has 1 heterocycles. The maximum absolute atomic E-state index is 12.6. The molecule has 2 aromatic rings. The van der Waals surface area contributed by atoms with Crippen molar-refractivity contribution in [3.05, 3.63) is 75.8 Å². The van der Waals surface area contributed by atoms with Gasteiger partial charge in [0.2, 0.25) is 0 Å². The lowest BCUT2D eigenvalue weighted by molar-refractivity contribution is -0.384. The molecule has 0 radical (unpaired) electrons. The summed E-state index contributed by atoms with van der Waals surface area (Å²) in [6.07, 6.45) is -0.457. The van der Waals surface area contributed by atoms with Crippen molar-refractivity contribution in [3.63, 3.8) is 0 Å². The molecule has 1 unspecified atom stereocenters. The van der Waals surface area contributed by atoms with Crippen LogP contribution in [0.25, 0.3) is 0 Å². The molecule has 10 heteroatoms. The number of nitrogens with zero attached hydrogens (tertiary/aromatic N) is 2. The van der Waals surface area contributed by atoms with Gasteiger partial charge in [0.1, 0.15) is 18.1 Å². The molecular weight excluding hydrogens is 424 g/mol. The highest BCUT2D eigenvalue weighted by Gasteiger charge is 2.41. The Balaban J connectivity index is 1.61. The van der Waals surface area contributed by atoms with Crippen LogP contribution in [0.4, 0.5) is 10.5 Å². The highest BCUT2D eigenvalue weighted by molar-refractivity contribution is 8.00. The van der Waals surface area contributed by atoms with Crippen molar-refractivity contribution in [2.24, 2.45) is 0 Å². The molecule has 1 amide bonds. The van der Waals surface area contributed by atoms with Crippen LogP contribution in [0.15, 0.2) is 54.6 Å². The second-order valence-corrected chi connectivity index (χ2v) is 8.32. The standard InChI is InChI=1S/C21H22N2O7S/c1-29-20(15-5-3-2-4-6-15)31-17-11-18(19(24)25)22(12-17)21(26)30-13-14-7-9-16(10-8-14)23(27)28/h2-10,17-18,20H,11-13H2,1H3,(H,24,25)/t17-,18-,20?/m0/s1. The number of nitro benzene ring substituents is 1. The summed E-state index contributed by atoms with van der Waals surface area (Å²) in [5, 5.41) is 20.2. The number of aliphatic carboxylic acids is 1. The molecule has 0 aromatic heterocycles. The van der Waals surface area contributed by atoms with Crippen LogP contribution in [-0.4, -0.2) is 51.9 Å². The molecule has 0 saturated carbocycles. The van der Waals surface area contributed by atoms with Gasteiger partial charge in [-0.2, -0.15) is 0 Å². The number of carbonyl (C=O) groups is 2. The second kappa shape index (κ2) is 10.3. The molecule has 9 nitrogen and oxygen atoms in total. The predicted octanol–water partition coefficient (Wildman–Crippen LogP) is 3.84. The third kappa shape index (κ3) is 5.74. The van der Waals surface area contributed by atoms with Gasteiger partial charge in [-0.3, -0.25) is 15.0 Å². The normalized spacial score (nSPS) is 19.1. The summed E-state index contributed by atoms with van der Waals surface area (Å²) in [5.41, 5.74) is 1.18. The number of methoxy groups -OCH3 is 1. The van der Waals surface area contributed by atoms with Crippen LogP contribution < -0.4 is 0 Å². The predicted molar refractivity (Wildman–Crippen MR) is 114 cm³/mol. The van der Waals surface area contributed by atoms with Gasteiger partial charge >= 0.3 is 12.1 Å². The fraction of sp³-hybridized carbons (Fsp3) is 0.333. The van der Waals surface area contributed by atoms with E-state index in [0.717, 1.165) is 5.56 Å². The fourth-order valence-corrected chi connectivity index (χ4v) is 4.64. The van der Waals surface area contributed by atoms with Crippen molar-refractivity contribution in [3.8, 4) is 0 Å². The average Bonchev–Trinajstić information content (AvgIpc) is 3.21. The zero-order chi connectivity index (χ0) is 22.4. The number of amides is 1. The second-order valence-electron chi connectivity index (χ2n) is 6.96. The van der Waals surface area contributed by atoms with Crippen LogP contribution in [0.5, 0.6) is 0 Å². The number of hydrogen-bond donors (Lipinski definition) is 1. The highest BCUT2D eigenvalue weighted by atomic mass is 32.2. The topological polar surface area (TPSA) is 119 Å². The Kier molecular flexibility index (Phi) is 7.48. The van der Waals surface area contributed by atoms with Crippen molar-refractivity contribution >= 4 is 29.5 Å². The molecule has 1 saturated heterocycles. The van der Waals surface area contributed by atoms with Crippen LogP contribution >= 0.6 is 11.8 Å². The van der Waals surface area contributed by atoms with Gasteiger partial charge in [-0.15, -0.1) is 11.8 Å². The first-order chi connectivity index (χ1) is 14.9. The third-order valence-electron chi connectivity index (χ3n) is 4.89. The summed E-state index contributed by atoms with van der Waals surface area (Å²) in [6.45, 7) is 0.107. The van der Waals surface area contributed by atoms with E-state index in [1.165, 1.54) is 40.9 Å². The van der Waals surface area contributed by atoms with E-state index in [9.17, 15) is 24.8 Å². The van der Waals surface area contributed by atoms with Gasteiger partial charge in [0, 0.05) is 31.0 Å². The zero-order valence-electron chi connectivity index (χ0n) is 16.7. The van der Waals surface area contributed by atoms with Crippen molar-refractivity contribution in [1.82, 2.24) is 4.90 Å². The molecule has 164 valence electrons. The largest absolute Gasteiger partial charge is 0.480 e. The van der Waals surface area contributed by atoms with Crippen molar-refractivity contribution in [1.29, 1.82) is 0 Å². The first kappa shape index (κ1) is 22.6. The molecule has 1 aliphatic rings. The van der Waals surface area contributed by atoms with Crippen LogP contribution in [0.2, 0.25) is 0 Å². The monoisotopic (exact) mass is 446 g/mol. The van der Waals surface area contributed by atoms with E-state index in [2.05, 4.69) is 0 Å². The number of benzene rings is 2. The van der Waals surface area contributed by atoms with E-state index < -0.39 is 23.0 Å². The number of carboxylic acids is 1. The molecule has 1 aliphatic heterocycles. The number of carboxylic acid groups (broad SMARTS) is 1. The van der Waals surface area contributed by atoms with Crippen molar-refractivity contribution in [2.45, 2.75) is 29.8 Å². The van der Waals surface area contributed by atoms with Crippen molar-refractivity contribution in [2.75, 3.05) is 13.7 Å². The smallest absolute Gasteiger partial charge is 0.410 e. The average molecular weight is 446 g/mol. The van der Waals surface area contributed by atoms with E-state index in [4.69, 9.17) is 9.47 Å². The zero-order valence-corrected chi connectivity index (χ0v) is 17.6. The number of likely N-dealkylation sites (tertiary alicyclic amines) is 1. The van der Waals surface area contributed by atoms with Gasteiger partial charge in [0.15, 0.2) is 0 Å². The molecule has 0 bridgehead atoms. The molecule has 31 heavy (non-hydrogen) atoms. The first-order valence-electron chi connectivity index (χ1n) is 9.51. The summed E-state index contributed by atoms with van der Waals surface area (Å²) < 4.78 is 10.8. The Hall–Kier alpha value is -3.11. The van der Waals surface area contributed by atoms with Gasteiger partial charge in [0.25, 0.3) is 5.69 Å². The van der Waals surface area contributed by atoms with Gasteiger partial charge in [-0.1, -0.05) is 30.3 Å². The van der Waals surface area contributed by atoms with E-state index in [-0.39, 0.29) is 35.9 Å². The lowest BCUT2D eigenvalue weighted by Gasteiger charge is -2.21. The number of carbonyl (C=O) groups excluding carboxylic acids is 1. The van der Waals surface area contributed by atoms with Crippen LogP contribution in [0, 0.1) is 10.1 Å². The minimum absolute atomic E-state index is 0.0634. The summed E-state index contributed by atoms with van der Waals surface area (Å²) in [5.74, 6) is -1.09. The lowest BCUT2D eigenvalue weighted by Crippen LogP contribution is -2.40. The number of non-ortho nitro benzene ring substituents is 1. The summed E-state index contributed by atoms with van der Waals surface area (Å²) in [6, 6.07) is 14.2. The van der Waals surface area contributed by atoms with Gasteiger partial charge in [-0.05, 0) is 29.7 Å². The van der Waals surface area contributed by atoms with Crippen molar-refractivity contribution < 1.29 is 29.1 Å². The summed E-state index contributed by atoms with van der Waals surface area (Å²) in [7, 11) is 1.59. The Morgan fingerprint density at radius 1 is 1.23 bits per heavy atom. The molecule has 0 spiro atoms. The molecule has 1 fully saturated rings. The van der Waals surface area contributed by atoms with Crippen LogP contribution in [0.3, 0.4) is 0 Å². The molecule has 3 atom stereocenters. The van der Waals surface area contributed by atoms with Gasteiger partial charge < -0.3 is 14.6 Å². The quantitative estimate of drug-likeness (QED) is 0.369. The Morgan fingerprint density at radius 2 is 1.90 bits per heavy atom. The number of ether oxygens (including phenoxy) is 2. The number of rotatable bonds is 8. The van der Waals surface area contributed by atoms with Gasteiger partial charge in [-0.25, -0.2) is 9.59 Å². The Morgan fingerprint density at radius 3 is 2.48 bits per heavy atom. The minimum atomic E-state index is -1.09. The Bertz CT molecular complexity index is 923. The minimum Gasteiger partial charge on any atom is -0.480 e. The number of nitro groups is 1. The lowest BCUT2D eigenvalue weighted by atomic mass is 10.2. The highest BCUT2D eigenvalue weighted by Crippen LogP contribution is 2.38. The number of thioether (sulfide) groups is 1. The maximum atomic E-state index is 12.6. The SMILES string of the molecule is COC(S[C@H]1C[C@@H](C(=O)O)N(C(=O)OCc2ccc([N+](=O)[O-])cc2)C1)c1ccccc1. The van der Waals surface area contributed by atoms with E-state index >= 15 is 0 Å². The van der Waals surface area contributed by atoms with Gasteiger partial charge in [0.05, 0.1) is 4.92 Å². The van der Waals surface area contributed by atoms with Crippen LogP contribution in [0.1, 0.15) is 23.0 Å².